The molecule has 0 aliphatic heterocycles. The Morgan fingerprint density at radius 2 is 1.48 bits per heavy atom. The molecule has 1 aliphatic carbocycles. The van der Waals surface area contributed by atoms with E-state index in [1.807, 2.05) is 0 Å². The SMILES string of the molecule is O[C@@H]1CCCC[C@@H]1c1c(-c2ccccc2)ccc2ccccc12. The highest BCUT2D eigenvalue weighted by atomic mass is 16.3. The third-order valence-electron chi connectivity index (χ3n) is 5.16. The number of hydrogen-bond acceptors (Lipinski definition) is 1. The van der Waals surface area contributed by atoms with Gasteiger partial charge in [-0.15, -0.1) is 0 Å². The van der Waals surface area contributed by atoms with E-state index in [2.05, 4.69) is 66.7 Å². The van der Waals surface area contributed by atoms with Crippen LogP contribution < -0.4 is 0 Å². The minimum Gasteiger partial charge on any atom is -0.392 e. The lowest BCUT2D eigenvalue weighted by Crippen LogP contribution is -2.23. The molecule has 3 aromatic rings. The number of rotatable bonds is 2. The Morgan fingerprint density at radius 3 is 2.30 bits per heavy atom. The molecule has 0 amide bonds. The first-order valence-corrected chi connectivity index (χ1v) is 8.60. The van der Waals surface area contributed by atoms with E-state index in [4.69, 9.17) is 0 Å². The van der Waals surface area contributed by atoms with Gasteiger partial charge in [-0.1, -0.05) is 79.6 Å². The molecule has 0 heterocycles. The molecule has 2 atom stereocenters. The second-order valence-electron chi connectivity index (χ2n) is 6.57. The fraction of sp³-hybridized carbons (Fsp3) is 0.273. The van der Waals surface area contributed by atoms with Crippen molar-refractivity contribution in [2.24, 2.45) is 0 Å². The van der Waals surface area contributed by atoms with Gasteiger partial charge in [-0.2, -0.15) is 0 Å². The predicted octanol–water partition coefficient (Wildman–Crippen LogP) is 5.53. The van der Waals surface area contributed by atoms with Gasteiger partial charge >= 0.3 is 0 Å². The molecule has 3 aromatic carbocycles. The zero-order chi connectivity index (χ0) is 15.6. The zero-order valence-corrected chi connectivity index (χ0v) is 13.3. The maximum absolute atomic E-state index is 10.7. The number of benzene rings is 3. The van der Waals surface area contributed by atoms with Gasteiger partial charge in [0.25, 0.3) is 0 Å². The summed E-state index contributed by atoms with van der Waals surface area (Å²) < 4.78 is 0. The highest BCUT2D eigenvalue weighted by Crippen LogP contribution is 2.42. The number of fused-ring (bicyclic) bond motifs is 1. The molecule has 1 nitrogen and oxygen atoms in total. The van der Waals surface area contributed by atoms with Crippen LogP contribution in [0, 0.1) is 0 Å². The largest absolute Gasteiger partial charge is 0.392 e. The van der Waals surface area contributed by atoms with Crippen molar-refractivity contribution in [3.8, 4) is 11.1 Å². The Balaban J connectivity index is 1.97. The monoisotopic (exact) mass is 302 g/mol. The standard InChI is InChI=1S/C22H22O/c23-21-13-7-6-12-20(21)22-18-11-5-4-10-17(18)14-15-19(22)16-8-2-1-3-9-16/h1-5,8-11,14-15,20-21,23H,6-7,12-13H2/t20-,21+/m0/s1. The summed E-state index contributed by atoms with van der Waals surface area (Å²) in [4.78, 5) is 0. The molecule has 0 unspecified atom stereocenters. The Kier molecular flexibility index (Phi) is 3.88. The average Bonchev–Trinajstić information content (AvgIpc) is 2.62. The van der Waals surface area contributed by atoms with Gasteiger partial charge in [-0.3, -0.25) is 0 Å². The summed E-state index contributed by atoms with van der Waals surface area (Å²) in [6.45, 7) is 0. The third-order valence-corrected chi connectivity index (χ3v) is 5.16. The van der Waals surface area contributed by atoms with E-state index >= 15 is 0 Å². The predicted molar refractivity (Wildman–Crippen MR) is 96.6 cm³/mol. The van der Waals surface area contributed by atoms with E-state index in [9.17, 15) is 5.11 Å². The lowest BCUT2D eigenvalue weighted by atomic mass is 9.77. The van der Waals surface area contributed by atoms with E-state index < -0.39 is 0 Å². The fourth-order valence-electron chi connectivity index (χ4n) is 4.01. The molecule has 1 N–H and O–H groups in total. The van der Waals surface area contributed by atoms with Gasteiger partial charge < -0.3 is 5.11 Å². The van der Waals surface area contributed by atoms with Crippen LogP contribution in [0.4, 0.5) is 0 Å². The van der Waals surface area contributed by atoms with Crippen LogP contribution in [-0.4, -0.2) is 11.2 Å². The van der Waals surface area contributed by atoms with E-state index in [0.717, 1.165) is 19.3 Å². The molecule has 0 bridgehead atoms. The van der Waals surface area contributed by atoms with Crippen LogP contribution in [0.3, 0.4) is 0 Å². The topological polar surface area (TPSA) is 20.2 Å². The molecule has 0 radical (unpaired) electrons. The summed E-state index contributed by atoms with van der Waals surface area (Å²) >= 11 is 0. The lowest BCUT2D eigenvalue weighted by Gasteiger charge is -2.30. The maximum Gasteiger partial charge on any atom is 0.0609 e. The smallest absolute Gasteiger partial charge is 0.0609 e. The van der Waals surface area contributed by atoms with Gasteiger partial charge in [0.2, 0.25) is 0 Å². The van der Waals surface area contributed by atoms with Crippen molar-refractivity contribution in [2.45, 2.75) is 37.7 Å². The van der Waals surface area contributed by atoms with Crippen molar-refractivity contribution < 1.29 is 5.11 Å². The average molecular weight is 302 g/mol. The second kappa shape index (κ2) is 6.17. The summed E-state index contributed by atoms with van der Waals surface area (Å²) in [6.07, 6.45) is 4.12. The lowest BCUT2D eigenvalue weighted by molar-refractivity contribution is 0.107. The van der Waals surface area contributed by atoms with Crippen LogP contribution in [0.15, 0.2) is 66.7 Å². The molecular weight excluding hydrogens is 280 g/mol. The van der Waals surface area contributed by atoms with Gasteiger partial charge in [-0.25, -0.2) is 0 Å². The molecule has 0 saturated heterocycles. The van der Waals surface area contributed by atoms with Crippen molar-refractivity contribution in [3.05, 3.63) is 72.3 Å². The maximum atomic E-state index is 10.7. The van der Waals surface area contributed by atoms with E-state index in [1.165, 1.54) is 33.9 Å². The van der Waals surface area contributed by atoms with Crippen LogP contribution in [0.25, 0.3) is 21.9 Å². The molecule has 116 valence electrons. The molecular formula is C22H22O. The third kappa shape index (κ3) is 2.66. The quantitative estimate of drug-likeness (QED) is 0.660. The highest BCUT2D eigenvalue weighted by molar-refractivity contribution is 5.92. The van der Waals surface area contributed by atoms with E-state index in [1.54, 1.807) is 0 Å². The highest BCUT2D eigenvalue weighted by Gasteiger charge is 2.28. The van der Waals surface area contributed by atoms with Gasteiger partial charge in [0.1, 0.15) is 0 Å². The Bertz CT molecular complexity index is 807. The molecule has 1 aliphatic rings. The summed E-state index contributed by atoms with van der Waals surface area (Å²) in [7, 11) is 0. The van der Waals surface area contributed by atoms with Crippen molar-refractivity contribution in [1.29, 1.82) is 0 Å². The van der Waals surface area contributed by atoms with Gasteiger partial charge in [0, 0.05) is 5.92 Å². The van der Waals surface area contributed by atoms with Crippen LogP contribution in [-0.2, 0) is 0 Å². The molecule has 23 heavy (non-hydrogen) atoms. The Morgan fingerprint density at radius 1 is 0.739 bits per heavy atom. The normalized spacial score (nSPS) is 21.4. The number of aliphatic hydroxyl groups excluding tert-OH is 1. The Hall–Kier alpha value is -2.12. The van der Waals surface area contributed by atoms with Crippen LogP contribution >= 0.6 is 0 Å². The van der Waals surface area contributed by atoms with E-state index in [-0.39, 0.29) is 12.0 Å². The van der Waals surface area contributed by atoms with Crippen LogP contribution in [0.2, 0.25) is 0 Å². The summed E-state index contributed by atoms with van der Waals surface area (Å²) in [5, 5.41) is 13.2. The first-order valence-electron chi connectivity index (χ1n) is 8.60. The number of aliphatic hydroxyl groups is 1. The van der Waals surface area contributed by atoms with Crippen molar-refractivity contribution in [3.63, 3.8) is 0 Å². The molecule has 1 heteroatoms. The summed E-state index contributed by atoms with van der Waals surface area (Å²) in [5.41, 5.74) is 3.85. The van der Waals surface area contributed by atoms with Gasteiger partial charge in [-0.05, 0) is 40.3 Å². The van der Waals surface area contributed by atoms with E-state index in [0.29, 0.717) is 0 Å². The van der Waals surface area contributed by atoms with Crippen LogP contribution in [0.1, 0.15) is 37.2 Å². The molecule has 1 fully saturated rings. The van der Waals surface area contributed by atoms with Crippen molar-refractivity contribution >= 4 is 10.8 Å². The molecule has 0 aromatic heterocycles. The first kappa shape index (κ1) is 14.5. The molecule has 1 saturated carbocycles. The minimum atomic E-state index is -0.225. The van der Waals surface area contributed by atoms with Crippen LogP contribution in [0.5, 0.6) is 0 Å². The minimum absolute atomic E-state index is 0.225. The molecule has 0 spiro atoms. The molecule has 4 rings (SSSR count). The summed E-state index contributed by atoms with van der Waals surface area (Å²) in [6, 6.07) is 23.6. The van der Waals surface area contributed by atoms with Crippen molar-refractivity contribution in [1.82, 2.24) is 0 Å². The Labute approximate surface area is 137 Å². The second-order valence-corrected chi connectivity index (χ2v) is 6.57. The van der Waals surface area contributed by atoms with Gasteiger partial charge in [0.15, 0.2) is 0 Å². The first-order chi connectivity index (χ1) is 11.3. The zero-order valence-electron chi connectivity index (χ0n) is 13.3. The summed E-state index contributed by atoms with van der Waals surface area (Å²) in [5.74, 6) is 0.241. The number of hydrogen-bond donors (Lipinski definition) is 1. The van der Waals surface area contributed by atoms with Gasteiger partial charge in [0.05, 0.1) is 6.10 Å². The fourth-order valence-corrected chi connectivity index (χ4v) is 4.01. The van der Waals surface area contributed by atoms with Crippen molar-refractivity contribution in [2.75, 3.05) is 0 Å².